The van der Waals surface area contributed by atoms with E-state index in [1.54, 1.807) is 4.90 Å². The van der Waals surface area contributed by atoms with Crippen LogP contribution in [0.25, 0.3) is 0 Å². The normalized spacial score (nSPS) is 20.8. The van der Waals surface area contributed by atoms with Gasteiger partial charge in [0.15, 0.2) is 0 Å². The van der Waals surface area contributed by atoms with Crippen LogP contribution in [-0.4, -0.2) is 41.4 Å². The van der Waals surface area contributed by atoms with E-state index in [-0.39, 0.29) is 0 Å². The predicted molar refractivity (Wildman–Crippen MR) is 48.1 cm³/mol. The molecule has 3 N–H and O–H groups in total. The molecule has 0 radical (unpaired) electrons. The smallest absolute Gasteiger partial charge is 0.269 e. The van der Waals surface area contributed by atoms with Gasteiger partial charge < -0.3 is 11.1 Å². The topological polar surface area (TPSA) is 58.4 Å². The molecule has 1 amide bonds. The number of nitrogens with zero attached hydrogens (tertiary/aromatic N) is 1. The van der Waals surface area contributed by atoms with Gasteiger partial charge in [-0.05, 0) is 0 Å². The molecule has 0 aliphatic carbocycles. The largest absolute Gasteiger partial charge is 0.366 e. The van der Waals surface area contributed by atoms with E-state index in [2.05, 4.69) is 5.32 Å². The lowest BCUT2D eigenvalue weighted by atomic mass is 10.3. The van der Waals surface area contributed by atoms with Crippen LogP contribution < -0.4 is 11.1 Å². The van der Waals surface area contributed by atoms with Crippen LogP contribution >= 0.6 is 23.2 Å². The van der Waals surface area contributed by atoms with Gasteiger partial charge in [0.1, 0.15) is 0 Å². The lowest BCUT2D eigenvalue weighted by Gasteiger charge is -2.34. The van der Waals surface area contributed by atoms with Gasteiger partial charge in [-0.1, -0.05) is 23.2 Å². The van der Waals surface area contributed by atoms with Gasteiger partial charge in [-0.25, -0.2) is 0 Å². The summed E-state index contributed by atoms with van der Waals surface area (Å²) in [5.74, 6) is -0.715. The fourth-order valence-corrected chi connectivity index (χ4v) is 1.44. The monoisotopic (exact) mass is 211 g/mol. The minimum absolute atomic E-state index is 0.635. The van der Waals surface area contributed by atoms with Crippen LogP contribution in [0, 0.1) is 0 Å². The molecule has 0 aromatic heterocycles. The summed E-state index contributed by atoms with van der Waals surface area (Å²) in [5, 5.41) is 3.11. The van der Waals surface area contributed by atoms with Crippen LogP contribution in [0.3, 0.4) is 0 Å². The first kappa shape index (κ1) is 10.1. The van der Waals surface area contributed by atoms with Gasteiger partial charge in [0.05, 0.1) is 0 Å². The molecule has 0 aromatic carbocycles. The van der Waals surface area contributed by atoms with Crippen molar-refractivity contribution in [3.8, 4) is 0 Å². The zero-order valence-corrected chi connectivity index (χ0v) is 8.03. The average Bonchev–Trinajstić information content (AvgIpc) is 2.06. The van der Waals surface area contributed by atoms with Gasteiger partial charge in [-0.2, -0.15) is 0 Å². The van der Waals surface area contributed by atoms with Crippen molar-refractivity contribution >= 4 is 29.1 Å². The third-order valence-corrected chi connectivity index (χ3v) is 2.66. The Kier molecular flexibility index (Phi) is 3.17. The van der Waals surface area contributed by atoms with Gasteiger partial charge in [-0.15, -0.1) is 0 Å². The molecule has 0 spiro atoms. The second-order valence-corrected chi connectivity index (χ2v) is 3.93. The van der Waals surface area contributed by atoms with Crippen LogP contribution in [0.15, 0.2) is 0 Å². The Bertz CT molecular complexity index is 180. The van der Waals surface area contributed by atoms with Crippen molar-refractivity contribution in [2.75, 3.05) is 26.2 Å². The maximum absolute atomic E-state index is 10.8. The molecule has 0 unspecified atom stereocenters. The van der Waals surface area contributed by atoms with Crippen molar-refractivity contribution in [2.45, 2.75) is 4.46 Å². The van der Waals surface area contributed by atoms with Crippen molar-refractivity contribution in [3.63, 3.8) is 0 Å². The fraction of sp³-hybridized carbons (Fsp3) is 0.833. The first-order chi connectivity index (χ1) is 5.55. The molecule has 0 saturated carbocycles. The van der Waals surface area contributed by atoms with Crippen LogP contribution in [0.4, 0.5) is 0 Å². The van der Waals surface area contributed by atoms with Crippen molar-refractivity contribution < 1.29 is 4.79 Å². The number of primary amides is 1. The van der Waals surface area contributed by atoms with Crippen molar-refractivity contribution in [3.05, 3.63) is 0 Å². The summed E-state index contributed by atoms with van der Waals surface area (Å²) < 4.78 is -1.55. The van der Waals surface area contributed by atoms with E-state index in [9.17, 15) is 4.79 Å². The highest BCUT2D eigenvalue weighted by Crippen LogP contribution is 2.25. The van der Waals surface area contributed by atoms with E-state index in [1.165, 1.54) is 0 Å². The van der Waals surface area contributed by atoms with Crippen molar-refractivity contribution in [2.24, 2.45) is 5.73 Å². The number of halogens is 2. The SMILES string of the molecule is NC(=O)C(Cl)(Cl)N1CCNCC1. The molecule has 1 rings (SSSR count). The molecule has 1 heterocycles. The number of rotatable bonds is 2. The first-order valence-electron chi connectivity index (χ1n) is 3.68. The van der Waals surface area contributed by atoms with E-state index in [0.29, 0.717) is 13.1 Å². The van der Waals surface area contributed by atoms with Crippen LogP contribution in [0.5, 0.6) is 0 Å². The van der Waals surface area contributed by atoms with E-state index >= 15 is 0 Å². The van der Waals surface area contributed by atoms with E-state index < -0.39 is 10.4 Å². The summed E-state index contributed by atoms with van der Waals surface area (Å²) in [5.41, 5.74) is 5.04. The Hall–Kier alpha value is -0.0300. The van der Waals surface area contributed by atoms with Crippen LogP contribution in [0.2, 0.25) is 0 Å². The third kappa shape index (κ3) is 2.01. The summed E-state index contributed by atoms with van der Waals surface area (Å²) in [6, 6.07) is 0. The molecule has 1 fully saturated rings. The summed E-state index contributed by atoms with van der Waals surface area (Å²) in [4.78, 5) is 12.5. The lowest BCUT2D eigenvalue weighted by Crippen LogP contribution is -2.56. The lowest BCUT2D eigenvalue weighted by molar-refractivity contribution is -0.122. The number of alkyl halides is 2. The molecule has 70 valence electrons. The highest BCUT2D eigenvalue weighted by Gasteiger charge is 2.38. The Morgan fingerprint density at radius 2 is 1.92 bits per heavy atom. The highest BCUT2D eigenvalue weighted by atomic mass is 35.5. The fourth-order valence-electron chi connectivity index (χ4n) is 1.10. The summed E-state index contributed by atoms with van der Waals surface area (Å²) in [6.45, 7) is 2.81. The number of piperazine rings is 1. The molecule has 1 saturated heterocycles. The second-order valence-electron chi connectivity index (χ2n) is 2.64. The minimum Gasteiger partial charge on any atom is -0.366 e. The molecule has 1 aliphatic rings. The number of hydrogen-bond donors (Lipinski definition) is 2. The predicted octanol–water partition coefficient (Wildman–Crippen LogP) is -0.492. The standard InChI is InChI=1S/C6H11Cl2N3O/c7-6(8,5(9)12)11-3-1-10-2-4-11/h10H,1-4H2,(H2,9,12). The van der Waals surface area contributed by atoms with Gasteiger partial charge in [0.2, 0.25) is 4.46 Å². The van der Waals surface area contributed by atoms with Crippen LogP contribution in [-0.2, 0) is 4.79 Å². The Labute approximate surface area is 81.0 Å². The molecule has 12 heavy (non-hydrogen) atoms. The molecule has 0 bridgehead atoms. The molecule has 6 heteroatoms. The van der Waals surface area contributed by atoms with E-state index in [0.717, 1.165) is 13.1 Å². The Morgan fingerprint density at radius 1 is 1.42 bits per heavy atom. The second kappa shape index (κ2) is 3.79. The number of amides is 1. The van der Waals surface area contributed by atoms with Crippen LogP contribution in [0.1, 0.15) is 0 Å². The zero-order valence-electron chi connectivity index (χ0n) is 6.52. The number of nitrogens with one attached hydrogen (secondary N) is 1. The van der Waals surface area contributed by atoms with Gasteiger partial charge in [0.25, 0.3) is 5.91 Å². The Balaban J connectivity index is 2.59. The minimum atomic E-state index is -1.55. The molecule has 0 atom stereocenters. The molecular weight excluding hydrogens is 201 g/mol. The van der Waals surface area contributed by atoms with Crippen molar-refractivity contribution in [1.29, 1.82) is 0 Å². The van der Waals surface area contributed by atoms with E-state index in [4.69, 9.17) is 28.9 Å². The zero-order chi connectivity index (χ0) is 9.19. The molecule has 0 aromatic rings. The van der Waals surface area contributed by atoms with Gasteiger partial charge in [-0.3, -0.25) is 9.69 Å². The maximum atomic E-state index is 10.8. The van der Waals surface area contributed by atoms with Crippen molar-refractivity contribution in [1.82, 2.24) is 10.2 Å². The molecular formula is C6H11Cl2N3O. The number of carbonyl (C=O) groups excluding carboxylic acids is 1. The summed E-state index contributed by atoms with van der Waals surface area (Å²) >= 11 is 11.5. The Morgan fingerprint density at radius 3 is 2.33 bits per heavy atom. The first-order valence-corrected chi connectivity index (χ1v) is 4.44. The molecule has 1 aliphatic heterocycles. The van der Waals surface area contributed by atoms with E-state index in [1.807, 2.05) is 0 Å². The number of hydrogen-bond acceptors (Lipinski definition) is 3. The summed E-state index contributed by atoms with van der Waals surface area (Å²) in [7, 11) is 0. The molecule has 4 nitrogen and oxygen atoms in total. The van der Waals surface area contributed by atoms with Gasteiger partial charge >= 0.3 is 0 Å². The average molecular weight is 212 g/mol. The summed E-state index contributed by atoms with van der Waals surface area (Å²) in [6.07, 6.45) is 0. The third-order valence-electron chi connectivity index (χ3n) is 1.81. The quantitative estimate of drug-likeness (QED) is 0.479. The number of nitrogens with two attached hydrogens (primary N) is 1. The number of carbonyl (C=O) groups is 1. The highest BCUT2D eigenvalue weighted by molar-refractivity contribution is 6.57. The van der Waals surface area contributed by atoms with Gasteiger partial charge in [0, 0.05) is 26.2 Å². The maximum Gasteiger partial charge on any atom is 0.269 e.